The molecule has 4 rings (SSSR count). The second-order valence-electron chi connectivity index (χ2n) is 6.48. The Kier molecular flexibility index (Phi) is 3.81. The van der Waals surface area contributed by atoms with Crippen LogP contribution in [0.5, 0.6) is 0 Å². The molecule has 2 unspecified atom stereocenters. The van der Waals surface area contributed by atoms with Gasteiger partial charge in [0.25, 0.3) is 0 Å². The van der Waals surface area contributed by atoms with Crippen molar-refractivity contribution in [1.82, 2.24) is 5.32 Å². The van der Waals surface area contributed by atoms with Gasteiger partial charge in [-0.25, -0.2) is 8.78 Å². The summed E-state index contributed by atoms with van der Waals surface area (Å²) in [4.78, 5) is 12.4. The molecule has 0 saturated heterocycles. The minimum absolute atomic E-state index is 0.0930. The summed E-state index contributed by atoms with van der Waals surface area (Å²) in [5.74, 6) is -0.854. The van der Waals surface area contributed by atoms with Crippen molar-refractivity contribution < 1.29 is 13.6 Å². The van der Waals surface area contributed by atoms with Crippen molar-refractivity contribution in [1.29, 1.82) is 0 Å². The first-order valence-corrected chi connectivity index (χ1v) is 8.21. The van der Waals surface area contributed by atoms with E-state index in [-0.39, 0.29) is 35.1 Å². The van der Waals surface area contributed by atoms with Crippen LogP contribution in [0, 0.1) is 17.6 Å². The van der Waals surface area contributed by atoms with Crippen molar-refractivity contribution >= 4 is 11.6 Å². The van der Waals surface area contributed by atoms with Crippen LogP contribution in [-0.2, 0) is 17.8 Å². The van der Waals surface area contributed by atoms with Crippen molar-refractivity contribution in [3.63, 3.8) is 0 Å². The molecule has 1 amide bonds. The molecule has 2 N–H and O–H groups in total. The summed E-state index contributed by atoms with van der Waals surface area (Å²) in [7, 11) is 0. The molecule has 0 radical (unpaired) electrons. The van der Waals surface area contributed by atoms with Crippen LogP contribution in [0.15, 0.2) is 36.4 Å². The number of benzene rings is 2. The first-order chi connectivity index (χ1) is 11.6. The number of carbonyl (C=O) groups excluding carboxylic acids is 1. The molecule has 2 atom stereocenters. The van der Waals surface area contributed by atoms with Crippen molar-refractivity contribution in [3.8, 4) is 0 Å². The molecule has 1 heterocycles. The zero-order chi connectivity index (χ0) is 16.7. The molecule has 1 aliphatic carbocycles. The fourth-order valence-corrected chi connectivity index (χ4v) is 3.42. The number of hydrogen-bond donors (Lipinski definition) is 2. The Labute approximate surface area is 139 Å². The first kappa shape index (κ1) is 15.3. The Bertz CT molecular complexity index is 789. The average molecular weight is 328 g/mol. The van der Waals surface area contributed by atoms with Gasteiger partial charge in [-0.1, -0.05) is 18.2 Å². The molecule has 0 spiro atoms. The van der Waals surface area contributed by atoms with Gasteiger partial charge in [-0.15, -0.1) is 0 Å². The largest absolute Gasteiger partial charge is 0.323 e. The smallest absolute Gasteiger partial charge is 0.228 e. The summed E-state index contributed by atoms with van der Waals surface area (Å²) in [6.07, 6.45) is 1.35. The van der Waals surface area contributed by atoms with Gasteiger partial charge in [0.15, 0.2) is 0 Å². The molecular formula is C19H18F2N2O. The average Bonchev–Trinajstić information content (AvgIpc) is 3.39. The van der Waals surface area contributed by atoms with Gasteiger partial charge in [0.05, 0.1) is 5.69 Å². The summed E-state index contributed by atoms with van der Waals surface area (Å²) < 4.78 is 27.5. The highest BCUT2D eigenvalue weighted by molar-refractivity contribution is 5.95. The van der Waals surface area contributed by atoms with E-state index in [1.807, 2.05) is 6.07 Å². The molecule has 1 saturated carbocycles. The maximum atomic E-state index is 14.6. The van der Waals surface area contributed by atoms with Gasteiger partial charge in [-0.2, -0.15) is 0 Å². The standard InChI is InChI=1S/C19H18F2N2O/c20-13-4-1-11(2-5-13)15-9-16(15)19(24)23-17-6-3-12-10-22-8-7-14(12)18(17)21/h1-6,15-16,22H,7-10H2,(H,23,24). The molecular weight excluding hydrogens is 310 g/mol. The fraction of sp³-hybridized carbons (Fsp3) is 0.316. The number of carbonyl (C=O) groups is 1. The Morgan fingerprint density at radius 1 is 1.12 bits per heavy atom. The van der Waals surface area contributed by atoms with Crippen molar-refractivity contribution in [3.05, 3.63) is 64.7 Å². The maximum absolute atomic E-state index is 14.6. The number of anilines is 1. The lowest BCUT2D eigenvalue weighted by Crippen LogP contribution is -2.25. The highest BCUT2D eigenvalue weighted by Gasteiger charge is 2.44. The van der Waals surface area contributed by atoms with Crippen LogP contribution in [0.1, 0.15) is 29.0 Å². The number of rotatable bonds is 3. The Morgan fingerprint density at radius 3 is 2.71 bits per heavy atom. The summed E-state index contributed by atoms with van der Waals surface area (Å²) >= 11 is 0. The number of nitrogens with one attached hydrogen (secondary N) is 2. The zero-order valence-electron chi connectivity index (χ0n) is 13.1. The minimum Gasteiger partial charge on any atom is -0.323 e. The van der Waals surface area contributed by atoms with Crippen LogP contribution in [0.25, 0.3) is 0 Å². The van der Waals surface area contributed by atoms with Crippen LogP contribution in [0.4, 0.5) is 14.5 Å². The van der Waals surface area contributed by atoms with Gasteiger partial charge in [0.1, 0.15) is 11.6 Å². The summed E-state index contributed by atoms with van der Waals surface area (Å²) in [5, 5.41) is 5.93. The normalized spacial score (nSPS) is 21.9. The van der Waals surface area contributed by atoms with E-state index >= 15 is 0 Å². The van der Waals surface area contributed by atoms with Crippen molar-refractivity contribution in [2.75, 3.05) is 11.9 Å². The van der Waals surface area contributed by atoms with Crippen LogP contribution in [0.2, 0.25) is 0 Å². The van der Waals surface area contributed by atoms with E-state index in [4.69, 9.17) is 0 Å². The Morgan fingerprint density at radius 2 is 1.92 bits per heavy atom. The summed E-state index contributed by atoms with van der Waals surface area (Å²) in [5.41, 5.74) is 2.85. The van der Waals surface area contributed by atoms with E-state index in [1.165, 1.54) is 12.1 Å². The van der Waals surface area contributed by atoms with Gasteiger partial charge in [0, 0.05) is 12.5 Å². The highest BCUT2D eigenvalue weighted by atomic mass is 19.1. The Balaban J connectivity index is 1.47. The third kappa shape index (κ3) is 2.80. The topological polar surface area (TPSA) is 41.1 Å². The van der Waals surface area contributed by atoms with Gasteiger partial charge >= 0.3 is 0 Å². The SMILES string of the molecule is O=C(Nc1ccc2c(c1F)CCNC2)C1CC1c1ccc(F)cc1. The molecule has 0 aromatic heterocycles. The molecule has 2 aromatic carbocycles. The third-order valence-corrected chi connectivity index (χ3v) is 4.89. The molecule has 5 heteroatoms. The van der Waals surface area contributed by atoms with E-state index in [0.717, 1.165) is 17.7 Å². The molecule has 1 aliphatic heterocycles. The van der Waals surface area contributed by atoms with Crippen LogP contribution in [0.3, 0.4) is 0 Å². The second kappa shape index (κ2) is 5.98. The Hall–Kier alpha value is -2.27. The second-order valence-corrected chi connectivity index (χ2v) is 6.48. The van der Waals surface area contributed by atoms with Crippen LogP contribution in [-0.4, -0.2) is 12.5 Å². The molecule has 2 aromatic rings. The van der Waals surface area contributed by atoms with Gasteiger partial charge in [0.2, 0.25) is 5.91 Å². The minimum atomic E-state index is -0.318. The molecule has 124 valence electrons. The molecule has 0 bridgehead atoms. The van der Waals surface area contributed by atoms with E-state index in [2.05, 4.69) is 10.6 Å². The molecule has 2 aliphatic rings. The zero-order valence-corrected chi connectivity index (χ0v) is 13.1. The van der Waals surface area contributed by atoms with E-state index in [0.29, 0.717) is 24.9 Å². The number of fused-ring (bicyclic) bond motifs is 1. The van der Waals surface area contributed by atoms with Crippen molar-refractivity contribution in [2.45, 2.75) is 25.3 Å². The van der Waals surface area contributed by atoms with E-state index in [9.17, 15) is 13.6 Å². The fourth-order valence-electron chi connectivity index (χ4n) is 3.42. The highest BCUT2D eigenvalue weighted by Crippen LogP contribution is 2.48. The third-order valence-electron chi connectivity index (χ3n) is 4.89. The first-order valence-electron chi connectivity index (χ1n) is 8.21. The number of halogens is 2. The number of hydrogen-bond acceptors (Lipinski definition) is 2. The molecule has 3 nitrogen and oxygen atoms in total. The van der Waals surface area contributed by atoms with Crippen LogP contribution >= 0.6 is 0 Å². The monoisotopic (exact) mass is 328 g/mol. The molecule has 24 heavy (non-hydrogen) atoms. The predicted octanol–water partition coefficient (Wildman–Crippen LogP) is 3.35. The number of amides is 1. The lowest BCUT2D eigenvalue weighted by atomic mass is 9.99. The lowest BCUT2D eigenvalue weighted by Gasteiger charge is -2.19. The quantitative estimate of drug-likeness (QED) is 0.907. The summed E-state index contributed by atoms with van der Waals surface area (Å²) in [6, 6.07) is 9.72. The summed E-state index contributed by atoms with van der Waals surface area (Å²) in [6.45, 7) is 1.41. The van der Waals surface area contributed by atoms with Gasteiger partial charge in [-0.3, -0.25) is 4.79 Å². The molecule has 1 fully saturated rings. The van der Waals surface area contributed by atoms with Gasteiger partial charge in [-0.05, 0) is 60.2 Å². The van der Waals surface area contributed by atoms with Crippen LogP contribution < -0.4 is 10.6 Å². The van der Waals surface area contributed by atoms with E-state index < -0.39 is 0 Å². The lowest BCUT2D eigenvalue weighted by molar-refractivity contribution is -0.117. The predicted molar refractivity (Wildman–Crippen MR) is 87.7 cm³/mol. The van der Waals surface area contributed by atoms with Gasteiger partial charge < -0.3 is 10.6 Å². The van der Waals surface area contributed by atoms with E-state index in [1.54, 1.807) is 18.2 Å². The van der Waals surface area contributed by atoms with Crippen molar-refractivity contribution in [2.24, 2.45) is 5.92 Å². The maximum Gasteiger partial charge on any atom is 0.228 e.